The summed E-state index contributed by atoms with van der Waals surface area (Å²) >= 11 is 7.16. The van der Waals surface area contributed by atoms with E-state index in [-0.39, 0.29) is 17.4 Å². The van der Waals surface area contributed by atoms with Crippen molar-refractivity contribution >= 4 is 34.8 Å². The number of aromatic carboxylic acids is 1. The molecule has 6 nitrogen and oxygen atoms in total. The first kappa shape index (κ1) is 19.2. The minimum Gasteiger partial charge on any atom is -0.484 e. The van der Waals surface area contributed by atoms with Crippen molar-refractivity contribution in [2.75, 3.05) is 6.61 Å². The van der Waals surface area contributed by atoms with Gasteiger partial charge in [-0.05, 0) is 51.0 Å². The van der Waals surface area contributed by atoms with Gasteiger partial charge in [0.15, 0.2) is 6.61 Å². The molecular weight excluding hydrogens is 364 g/mol. The van der Waals surface area contributed by atoms with Crippen LogP contribution >= 0.6 is 22.9 Å². The zero-order valence-corrected chi connectivity index (χ0v) is 15.9. The highest BCUT2D eigenvalue weighted by Crippen LogP contribution is 2.26. The predicted octanol–water partition coefficient (Wildman–Crippen LogP) is 3.68. The Hall–Kier alpha value is -2.12. The van der Waals surface area contributed by atoms with Crippen molar-refractivity contribution in [1.29, 1.82) is 0 Å². The topological polar surface area (TPSA) is 88.5 Å². The third-order valence-electron chi connectivity index (χ3n) is 3.54. The summed E-state index contributed by atoms with van der Waals surface area (Å²) in [5, 5.41) is 13.0. The first-order chi connectivity index (χ1) is 11.7. The molecule has 0 saturated carbocycles. The summed E-state index contributed by atoms with van der Waals surface area (Å²) in [4.78, 5) is 27.5. The maximum absolute atomic E-state index is 12.1. The Balaban J connectivity index is 1.96. The van der Waals surface area contributed by atoms with E-state index in [1.54, 1.807) is 26.0 Å². The Morgan fingerprint density at radius 2 is 1.92 bits per heavy atom. The van der Waals surface area contributed by atoms with Crippen molar-refractivity contribution in [2.24, 2.45) is 0 Å². The molecule has 1 amide bonds. The van der Waals surface area contributed by atoms with Gasteiger partial charge in [-0.3, -0.25) is 4.79 Å². The van der Waals surface area contributed by atoms with Crippen LogP contribution in [0.2, 0.25) is 5.02 Å². The highest BCUT2D eigenvalue weighted by atomic mass is 35.5. The monoisotopic (exact) mass is 382 g/mol. The molecular formula is C17H19ClN2O4S. The number of carbonyl (C=O) groups is 2. The predicted molar refractivity (Wildman–Crippen MR) is 96.8 cm³/mol. The molecule has 0 aliphatic carbocycles. The van der Waals surface area contributed by atoms with E-state index in [4.69, 9.17) is 21.4 Å². The Bertz CT molecular complexity index is 796. The van der Waals surface area contributed by atoms with Crippen LogP contribution in [0.15, 0.2) is 12.1 Å². The molecule has 134 valence electrons. The van der Waals surface area contributed by atoms with Gasteiger partial charge < -0.3 is 15.2 Å². The van der Waals surface area contributed by atoms with Gasteiger partial charge >= 0.3 is 5.97 Å². The first-order valence-electron chi connectivity index (χ1n) is 7.58. The number of nitrogens with one attached hydrogen (secondary N) is 1. The number of hydrogen-bond donors (Lipinski definition) is 2. The molecule has 25 heavy (non-hydrogen) atoms. The third kappa shape index (κ3) is 4.70. The number of carboxylic acid groups (broad SMARTS) is 1. The average Bonchev–Trinajstić information content (AvgIpc) is 2.92. The second kappa shape index (κ2) is 7.84. The molecule has 8 heteroatoms. The Kier molecular flexibility index (Phi) is 6.02. The number of aryl methyl sites for hydroxylation is 3. The SMILES string of the molecule is Cc1cc(OCC(=O)NC(C)c2nc(C)c(C(=O)O)s2)cc(C)c1Cl. The van der Waals surface area contributed by atoms with E-state index in [0.717, 1.165) is 22.5 Å². The molecule has 1 unspecified atom stereocenters. The van der Waals surface area contributed by atoms with Crippen LogP contribution in [-0.4, -0.2) is 28.6 Å². The fraction of sp³-hybridized carbons (Fsp3) is 0.353. The number of rotatable bonds is 6. The van der Waals surface area contributed by atoms with Crippen molar-refractivity contribution in [2.45, 2.75) is 33.7 Å². The van der Waals surface area contributed by atoms with Gasteiger partial charge in [-0.15, -0.1) is 11.3 Å². The van der Waals surface area contributed by atoms with Gasteiger partial charge in [0.25, 0.3) is 5.91 Å². The maximum atomic E-state index is 12.1. The highest BCUT2D eigenvalue weighted by molar-refractivity contribution is 7.13. The largest absolute Gasteiger partial charge is 0.484 e. The number of hydrogen-bond acceptors (Lipinski definition) is 5. The molecule has 2 N–H and O–H groups in total. The second-order valence-electron chi connectivity index (χ2n) is 5.72. The van der Waals surface area contributed by atoms with E-state index >= 15 is 0 Å². The van der Waals surface area contributed by atoms with Crippen molar-refractivity contribution in [3.05, 3.63) is 43.9 Å². The third-order valence-corrected chi connectivity index (χ3v) is 5.46. The Morgan fingerprint density at radius 1 is 1.32 bits per heavy atom. The van der Waals surface area contributed by atoms with Gasteiger partial charge in [0, 0.05) is 5.02 Å². The van der Waals surface area contributed by atoms with Crippen molar-refractivity contribution < 1.29 is 19.4 Å². The zero-order chi connectivity index (χ0) is 18.7. The lowest BCUT2D eigenvalue weighted by Crippen LogP contribution is -2.31. The fourth-order valence-corrected chi connectivity index (χ4v) is 3.30. The normalized spacial score (nSPS) is 11.9. The molecule has 0 spiro atoms. The summed E-state index contributed by atoms with van der Waals surface area (Å²) in [6.45, 7) is 6.97. The minimum absolute atomic E-state index is 0.152. The summed E-state index contributed by atoms with van der Waals surface area (Å²) in [7, 11) is 0. The van der Waals surface area contributed by atoms with Crippen LogP contribution in [0.3, 0.4) is 0 Å². The van der Waals surface area contributed by atoms with Gasteiger partial charge in [0.1, 0.15) is 15.6 Å². The summed E-state index contributed by atoms with van der Waals surface area (Å²) < 4.78 is 5.51. The molecule has 1 atom stereocenters. The standard InChI is InChI=1S/C17H19ClN2O4S/c1-8-5-12(6-9(2)14(8)18)24-7-13(21)19-11(4)16-20-10(3)15(25-16)17(22)23/h5-6,11H,7H2,1-4H3,(H,19,21)(H,22,23). The lowest BCUT2D eigenvalue weighted by molar-refractivity contribution is -0.123. The van der Waals surface area contributed by atoms with Gasteiger partial charge in [-0.2, -0.15) is 0 Å². The first-order valence-corrected chi connectivity index (χ1v) is 8.78. The average molecular weight is 383 g/mol. The molecule has 0 aliphatic heterocycles. The van der Waals surface area contributed by atoms with Crippen LogP contribution in [0.1, 0.15) is 44.5 Å². The van der Waals surface area contributed by atoms with E-state index < -0.39 is 12.0 Å². The van der Waals surface area contributed by atoms with Crippen LogP contribution < -0.4 is 10.1 Å². The summed E-state index contributed by atoms with van der Waals surface area (Å²) in [6.07, 6.45) is 0. The van der Waals surface area contributed by atoms with E-state index in [1.807, 2.05) is 13.8 Å². The lowest BCUT2D eigenvalue weighted by atomic mass is 10.1. The van der Waals surface area contributed by atoms with Gasteiger partial charge in [-0.1, -0.05) is 11.6 Å². The van der Waals surface area contributed by atoms with Crippen molar-refractivity contribution in [3.8, 4) is 5.75 Å². The van der Waals surface area contributed by atoms with E-state index in [2.05, 4.69) is 10.3 Å². The lowest BCUT2D eigenvalue weighted by Gasteiger charge is -2.13. The number of amides is 1. The van der Waals surface area contributed by atoms with E-state index in [9.17, 15) is 9.59 Å². The number of carboxylic acids is 1. The van der Waals surface area contributed by atoms with Gasteiger partial charge in [0.05, 0.1) is 11.7 Å². The van der Waals surface area contributed by atoms with Gasteiger partial charge in [-0.25, -0.2) is 9.78 Å². The molecule has 0 radical (unpaired) electrons. The number of carbonyl (C=O) groups excluding carboxylic acids is 1. The number of thiazole rings is 1. The Morgan fingerprint density at radius 3 is 2.44 bits per heavy atom. The Labute approximate surface area is 154 Å². The molecule has 0 saturated heterocycles. The molecule has 0 bridgehead atoms. The highest BCUT2D eigenvalue weighted by Gasteiger charge is 2.19. The van der Waals surface area contributed by atoms with Crippen LogP contribution in [0.25, 0.3) is 0 Å². The maximum Gasteiger partial charge on any atom is 0.347 e. The summed E-state index contributed by atoms with van der Waals surface area (Å²) in [5.41, 5.74) is 2.20. The molecule has 2 rings (SSSR count). The summed E-state index contributed by atoms with van der Waals surface area (Å²) in [6, 6.07) is 3.15. The molecule has 1 aromatic carbocycles. The van der Waals surface area contributed by atoms with Crippen LogP contribution in [0, 0.1) is 20.8 Å². The molecule has 1 aromatic heterocycles. The van der Waals surface area contributed by atoms with E-state index in [0.29, 0.717) is 21.5 Å². The zero-order valence-electron chi connectivity index (χ0n) is 14.3. The molecule has 0 aliphatic rings. The number of ether oxygens (including phenoxy) is 1. The minimum atomic E-state index is -1.02. The molecule has 2 aromatic rings. The number of benzene rings is 1. The van der Waals surface area contributed by atoms with Crippen LogP contribution in [0.4, 0.5) is 0 Å². The van der Waals surface area contributed by atoms with Gasteiger partial charge in [0.2, 0.25) is 0 Å². The number of aromatic nitrogens is 1. The van der Waals surface area contributed by atoms with Crippen molar-refractivity contribution in [3.63, 3.8) is 0 Å². The molecule has 0 fully saturated rings. The quantitative estimate of drug-likeness (QED) is 0.795. The van der Waals surface area contributed by atoms with Crippen LogP contribution in [-0.2, 0) is 4.79 Å². The number of halogens is 1. The van der Waals surface area contributed by atoms with E-state index in [1.165, 1.54) is 0 Å². The smallest absolute Gasteiger partial charge is 0.347 e. The van der Waals surface area contributed by atoms with Crippen LogP contribution in [0.5, 0.6) is 5.75 Å². The summed E-state index contributed by atoms with van der Waals surface area (Å²) in [5.74, 6) is -0.764. The molecule has 1 heterocycles. The van der Waals surface area contributed by atoms with Crippen molar-refractivity contribution in [1.82, 2.24) is 10.3 Å². The number of nitrogens with zero attached hydrogens (tertiary/aromatic N) is 1. The fourth-order valence-electron chi connectivity index (χ4n) is 2.28. The second-order valence-corrected chi connectivity index (χ2v) is 7.13.